The fourth-order valence-electron chi connectivity index (χ4n) is 1.85. The van der Waals surface area contributed by atoms with Gasteiger partial charge in [0.15, 0.2) is 5.13 Å². The van der Waals surface area contributed by atoms with E-state index in [-0.39, 0.29) is 0 Å². The lowest BCUT2D eigenvalue weighted by Crippen LogP contribution is -1.88. The number of nitrogens with one attached hydrogen (secondary N) is 1. The van der Waals surface area contributed by atoms with Gasteiger partial charge in [-0.1, -0.05) is 29.0 Å². The van der Waals surface area contributed by atoms with Crippen LogP contribution in [0.4, 0.5) is 10.8 Å². The first-order valence-corrected chi connectivity index (χ1v) is 6.84. The third kappa shape index (κ3) is 2.53. The monoisotopic (exact) mass is 270 g/mol. The van der Waals surface area contributed by atoms with Crippen LogP contribution in [0, 0.1) is 6.92 Å². The van der Waals surface area contributed by atoms with Gasteiger partial charge in [-0.05, 0) is 31.2 Å². The van der Waals surface area contributed by atoms with E-state index in [0.29, 0.717) is 0 Å². The van der Waals surface area contributed by atoms with E-state index >= 15 is 0 Å². The predicted molar refractivity (Wildman–Crippen MR) is 80.6 cm³/mol. The average Bonchev–Trinajstić information content (AvgIpc) is 2.82. The molecule has 0 aliphatic rings. The zero-order valence-corrected chi connectivity index (χ0v) is 11.6. The van der Waals surface area contributed by atoms with Crippen molar-refractivity contribution >= 4 is 32.4 Å². The fourth-order valence-corrected chi connectivity index (χ4v) is 2.71. The van der Waals surface area contributed by atoms with Gasteiger partial charge in [-0.15, -0.1) is 0 Å². The molecule has 3 nitrogen and oxygen atoms in total. The van der Waals surface area contributed by atoms with Crippen molar-refractivity contribution in [2.24, 2.45) is 0 Å². The summed E-state index contributed by atoms with van der Waals surface area (Å²) in [5.74, 6) is 0.833. The lowest BCUT2D eigenvalue weighted by molar-refractivity contribution is 0.415. The highest BCUT2D eigenvalue weighted by Gasteiger charge is 2.05. The number of fused-ring (bicyclic) bond motifs is 1. The highest BCUT2D eigenvalue weighted by atomic mass is 32.1. The minimum atomic E-state index is 0.833. The van der Waals surface area contributed by atoms with Gasteiger partial charge < -0.3 is 10.1 Å². The van der Waals surface area contributed by atoms with Gasteiger partial charge in [0.1, 0.15) is 5.75 Å². The molecule has 3 rings (SSSR count). The van der Waals surface area contributed by atoms with Crippen LogP contribution in [0.5, 0.6) is 5.75 Å². The minimum Gasteiger partial charge on any atom is -0.497 e. The molecule has 0 saturated heterocycles. The zero-order valence-electron chi connectivity index (χ0n) is 10.8. The predicted octanol–water partition coefficient (Wildman–Crippen LogP) is 4.36. The Morgan fingerprint density at radius 2 is 1.89 bits per heavy atom. The topological polar surface area (TPSA) is 34.1 Å². The summed E-state index contributed by atoms with van der Waals surface area (Å²) in [6.07, 6.45) is 0. The first-order chi connectivity index (χ1) is 9.24. The molecule has 0 aliphatic carbocycles. The van der Waals surface area contributed by atoms with Crippen LogP contribution in [0.15, 0.2) is 42.5 Å². The Bertz CT molecular complexity index is 704. The maximum absolute atomic E-state index is 5.21. The summed E-state index contributed by atoms with van der Waals surface area (Å²) in [7, 11) is 1.67. The number of anilines is 2. The molecule has 0 amide bonds. The standard InChI is InChI=1S/C15H14N2OS/c1-10-3-5-11(6-4-10)16-15-17-13-9-12(18-2)7-8-14(13)19-15/h3-9H,1-2H3,(H,16,17). The van der Waals surface area contributed by atoms with Crippen molar-refractivity contribution in [3.05, 3.63) is 48.0 Å². The van der Waals surface area contributed by atoms with Crippen molar-refractivity contribution in [2.75, 3.05) is 12.4 Å². The molecular formula is C15H14N2OS. The molecule has 0 atom stereocenters. The summed E-state index contributed by atoms with van der Waals surface area (Å²) in [6.45, 7) is 2.08. The van der Waals surface area contributed by atoms with E-state index in [9.17, 15) is 0 Å². The molecule has 0 aliphatic heterocycles. The van der Waals surface area contributed by atoms with E-state index in [1.54, 1.807) is 18.4 Å². The normalized spacial score (nSPS) is 10.6. The number of rotatable bonds is 3. The molecule has 0 unspecified atom stereocenters. The van der Waals surface area contributed by atoms with Crippen LogP contribution in [0.3, 0.4) is 0 Å². The first-order valence-electron chi connectivity index (χ1n) is 6.03. The van der Waals surface area contributed by atoms with Crippen LogP contribution in [-0.4, -0.2) is 12.1 Å². The molecule has 0 fully saturated rings. The molecule has 0 spiro atoms. The van der Waals surface area contributed by atoms with E-state index in [1.807, 2.05) is 18.2 Å². The van der Waals surface area contributed by atoms with E-state index < -0.39 is 0 Å². The molecule has 0 bridgehead atoms. The first kappa shape index (κ1) is 12.0. The largest absolute Gasteiger partial charge is 0.497 e. The molecule has 1 aromatic heterocycles. The third-order valence-electron chi connectivity index (χ3n) is 2.90. The Morgan fingerprint density at radius 1 is 1.11 bits per heavy atom. The number of nitrogens with zero attached hydrogens (tertiary/aromatic N) is 1. The summed E-state index contributed by atoms with van der Waals surface area (Å²) < 4.78 is 6.36. The highest BCUT2D eigenvalue weighted by Crippen LogP contribution is 2.30. The molecular weight excluding hydrogens is 256 g/mol. The molecule has 3 aromatic rings. The van der Waals surface area contributed by atoms with Crippen LogP contribution in [-0.2, 0) is 0 Å². The molecule has 19 heavy (non-hydrogen) atoms. The maximum Gasteiger partial charge on any atom is 0.188 e. The van der Waals surface area contributed by atoms with Crippen molar-refractivity contribution in [1.29, 1.82) is 0 Å². The maximum atomic E-state index is 5.21. The fraction of sp³-hybridized carbons (Fsp3) is 0.133. The van der Waals surface area contributed by atoms with Crippen molar-refractivity contribution in [2.45, 2.75) is 6.92 Å². The number of benzene rings is 2. The van der Waals surface area contributed by atoms with E-state index in [2.05, 4.69) is 41.5 Å². The lowest BCUT2D eigenvalue weighted by atomic mass is 10.2. The van der Waals surface area contributed by atoms with Gasteiger partial charge in [0.25, 0.3) is 0 Å². The van der Waals surface area contributed by atoms with Crippen LogP contribution in [0.1, 0.15) is 5.56 Å². The summed E-state index contributed by atoms with van der Waals surface area (Å²) >= 11 is 1.64. The van der Waals surface area contributed by atoms with E-state index in [1.165, 1.54) is 5.56 Å². The van der Waals surface area contributed by atoms with Gasteiger partial charge in [0, 0.05) is 11.8 Å². The molecule has 1 heterocycles. The van der Waals surface area contributed by atoms with Gasteiger partial charge >= 0.3 is 0 Å². The van der Waals surface area contributed by atoms with Crippen molar-refractivity contribution in [3.63, 3.8) is 0 Å². The third-order valence-corrected chi connectivity index (χ3v) is 3.85. The lowest BCUT2D eigenvalue weighted by Gasteiger charge is -2.01. The van der Waals surface area contributed by atoms with Gasteiger partial charge in [0.05, 0.1) is 17.3 Å². The summed E-state index contributed by atoms with van der Waals surface area (Å²) in [5.41, 5.74) is 3.26. The van der Waals surface area contributed by atoms with Gasteiger partial charge in [-0.25, -0.2) is 4.98 Å². The van der Waals surface area contributed by atoms with Gasteiger partial charge in [-0.2, -0.15) is 0 Å². The number of hydrogen-bond acceptors (Lipinski definition) is 4. The van der Waals surface area contributed by atoms with Crippen molar-refractivity contribution in [1.82, 2.24) is 4.98 Å². The quantitative estimate of drug-likeness (QED) is 0.768. The average molecular weight is 270 g/mol. The van der Waals surface area contributed by atoms with Crippen molar-refractivity contribution in [3.8, 4) is 5.75 Å². The Hall–Kier alpha value is -2.07. The highest BCUT2D eigenvalue weighted by molar-refractivity contribution is 7.22. The minimum absolute atomic E-state index is 0.833. The Balaban J connectivity index is 1.90. The molecule has 0 saturated carbocycles. The number of methoxy groups -OCH3 is 1. The number of aromatic nitrogens is 1. The second kappa shape index (κ2) is 4.90. The van der Waals surface area contributed by atoms with Gasteiger partial charge in [0.2, 0.25) is 0 Å². The smallest absolute Gasteiger partial charge is 0.188 e. The molecule has 96 valence electrons. The molecule has 4 heteroatoms. The summed E-state index contributed by atoms with van der Waals surface area (Å²) in [6, 6.07) is 14.2. The van der Waals surface area contributed by atoms with Crippen LogP contribution < -0.4 is 10.1 Å². The summed E-state index contributed by atoms with van der Waals surface area (Å²) in [5, 5.41) is 4.22. The number of ether oxygens (including phenoxy) is 1. The Labute approximate surface area is 115 Å². The SMILES string of the molecule is COc1ccc2sc(Nc3ccc(C)cc3)nc2c1. The Morgan fingerprint density at radius 3 is 2.63 bits per heavy atom. The number of aryl methyl sites for hydroxylation is 1. The van der Waals surface area contributed by atoms with Crippen LogP contribution >= 0.6 is 11.3 Å². The summed E-state index contributed by atoms with van der Waals surface area (Å²) in [4.78, 5) is 4.57. The molecule has 0 radical (unpaired) electrons. The number of hydrogen-bond donors (Lipinski definition) is 1. The van der Waals surface area contributed by atoms with E-state index in [0.717, 1.165) is 26.8 Å². The number of thiazole rings is 1. The molecule has 2 aromatic carbocycles. The molecule has 1 N–H and O–H groups in total. The van der Waals surface area contributed by atoms with Crippen molar-refractivity contribution < 1.29 is 4.74 Å². The van der Waals surface area contributed by atoms with E-state index in [4.69, 9.17) is 4.74 Å². The second-order valence-corrected chi connectivity index (χ2v) is 5.37. The Kier molecular flexibility index (Phi) is 3.09. The zero-order chi connectivity index (χ0) is 13.2. The second-order valence-electron chi connectivity index (χ2n) is 4.34. The van der Waals surface area contributed by atoms with Crippen LogP contribution in [0.2, 0.25) is 0 Å². The van der Waals surface area contributed by atoms with Gasteiger partial charge in [-0.3, -0.25) is 0 Å². The van der Waals surface area contributed by atoms with Crippen LogP contribution in [0.25, 0.3) is 10.2 Å².